The van der Waals surface area contributed by atoms with Crippen LogP contribution < -0.4 is 0 Å². The topological polar surface area (TPSA) is 92.1 Å². The summed E-state index contributed by atoms with van der Waals surface area (Å²) in [7, 11) is -3.10. The Balaban J connectivity index is 2.47. The number of azide groups is 1. The lowest BCUT2D eigenvalue weighted by Crippen LogP contribution is -2.30. The van der Waals surface area contributed by atoms with Gasteiger partial charge in [0.05, 0.1) is 17.1 Å². The third-order valence-electron chi connectivity index (χ3n) is 2.52. The lowest BCUT2D eigenvalue weighted by molar-refractivity contribution is 0.126. The summed E-state index contributed by atoms with van der Waals surface area (Å²) in [6.45, 7) is 2.53. The first kappa shape index (κ1) is 12.3. The SMILES string of the molecule is CC1OCCC1S(=O)(=O)CCCN=[N+]=[N-]. The van der Waals surface area contributed by atoms with Gasteiger partial charge in [0.25, 0.3) is 0 Å². The molecule has 1 aliphatic heterocycles. The van der Waals surface area contributed by atoms with Crippen LogP contribution in [0.15, 0.2) is 5.11 Å². The van der Waals surface area contributed by atoms with Crippen molar-refractivity contribution in [1.82, 2.24) is 0 Å². The molecule has 0 aromatic heterocycles. The second kappa shape index (κ2) is 5.34. The first-order valence-corrected chi connectivity index (χ1v) is 6.63. The van der Waals surface area contributed by atoms with E-state index in [1.54, 1.807) is 6.92 Å². The third kappa shape index (κ3) is 3.37. The summed E-state index contributed by atoms with van der Waals surface area (Å²) >= 11 is 0. The van der Waals surface area contributed by atoms with Crippen LogP contribution >= 0.6 is 0 Å². The van der Waals surface area contributed by atoms with Crippen LogP contribution in [-0.4, -0.2) is 38.7 Å². The first-order chi connectivity index (χ1) is 7.08. The molecule has 1 aliphatic rings. The molecule has 0 N–H and O–H groups in total. The fourth-order valence-electron chi connectivity index (χ4n) is 1.72. The summed E-state index contributed by atoms with van der Waals surface area (Å²) < 4.78 is 28.8. The highest BCUT2D eigenvalue weighted by atomic mass is 32.2. The van der Waals surface area contributed by atoms with Gasteiger partial charge in [-0.1, -0.05) is 5.11 Å². The number of hydrogen-bond acceptors (Lipinski definition) is 4. The molecule has 6 nitrogen and oxygen atoms in total. The second-order valence-electron chi connectivity index (χ2n) is 3.58. The van der Waals surface area contributed by atoms with Crippen molar-refractivity contribution in [1.29, 1.82) is 0 Å². The van der Waals surface area contributed by atoms with Crippen LogP contribution in [0.4, 0.5) is 0 Å². The van der Waals surface area contributed by atoms with Gasteiger partial charge in [0, 0.05) is 18.1 Å². The zero-order chi connectivity index (χ0) is 11.3. The fraction of sp³-hybridized carbons (Fsp3) is 1.00. The number of rotatable bonds is 5. The molecular formula is C8H15N3O3S. The first-order valence-electron chi connectivity index (χ1n) is 4.92. The quantitative estimate of drug-likeness (QED) is 0.310. The molecule has 0 aromatic rings. The van der Waals surface area contributed by atoms with Crippen LogP contribution in [0.5, 0.6) is 0 Å². The Morgan fingerprint density at radius 3 is 2.87 bits per heavy atom. The van der Waals surface area contributed by atoms with Crippen molar-refractivity contribution < 1.29 is 13.2 Å². The summed E-state index contributed by atoms with van der Waals surface area (Å²) in [4.78, 5) is 2.57. The number of ether oxygens (including phenoxy) is 1. The van der Waals surface area contributed by atoms with Gasteiger partial charge >= 0.3 is 0 Å². The van der Waals surface area contributed by atoms with E-state index in [0.29, 0.717) is 19.4 Å². The smallest absolute Gasteiger partial charge is 0.155 e. The van der Waals surface area contributed by atoms with E-state index in [-0.39, 0.29) is 23.7 Å². The molecule has 1 heterocycles. The van der Waals surface area contributed by atoms with Crippen LogP contribution in [0.1, 0.15) is 19.8 Å². The summed E-state index contributed by atoms with van der Waals surface area (Å²) in [5.41, 5.74) is 8.04. The highest BCUT2D eigenvalue weighted by molar-refractivity contribution is 7.92. The van der Waals surface area contributed by atoms with Crippen LogP contribution in [0.25, 0.3) is 10.4 Å². The standard InChI is InChI=1S/C8H15N3O3S/c1-7-8(3-5-14-7)15(12,13)6-2-4-10-11-9/h7-8H,2-6H2,1H3. The lowest BCUT2D eigenvalue weighted by atomic mass is 10.3. The minimum Gasteiger partial charge on any atom is -0.377 e. The molecule has 0 radical (unpaired) electrons. The summed E-state index contributed by atoms with van der Waals surface area (Å²) in [6, 6.07) is 0. The van der Waals surface area contributed by atoms with Crippen molar-refractivity contribution in [3.63, 3.8) is 0 Å². The molecule has 1 fully saturated rings. The molecule has 0 amide bonds. The molecule has 0 saturated carbocycles. The average molecular weight is 233 g/mol. The van der Waals surface area contributed by atoms with Crippen LogP contribution in [0, 0.1) is 0 Å². The molecule has 86 valence electrons. The maximum atomic E-state index is 11.8. The maximum Gasteiger partial charge on any atom is 0.155 e. The van der Waals surface area contributed by atoms with Gasteiger partial charge in [0.1, 0.15) is 0 Å². The highest BCUT2D eigenvalue weighted by Crippen LogP contribution is 2.21. The molecule has 1 rings (SSSR count). The van der Waals surface area contributed by atoms with Gasteiger partial charge < -0.3 is 4.74 Å². The van der Waals surface area contributed by atoms with E-state index in [2.05, 4.69) is 10.0 Å². The minimum atomic E-state index is -3.10. The van der Waals surface area contributed by atoms with E-state index in [1.165, 1.54) is 0 Å². The predicted molar refractivity (Wildman–Crippen MR) is 56.2 cm³/mol. The van der Waals surface area contributed by atoms with Crippen molar-refractivity contribution in [3.05, 3.63) is 10.4 Å². The predicted octanol–water partition coefficient (Wildman–Crippen LogP) is 1.28. The Hall–Kier alpha value is -0.780. The van der Waals surface area contributed by atoms with Gasteiger partial charge in [-0.05, 0) is 25.3 Å². The molecule has 0 bridgehead atoms. The molecule has 0 spiro atoms. The van der Waals surface area contributed by atoms with Crippen molar-refractivity contribution >= 4 is 9.84 Å². The highest BCUT2D eigenvalue weighted by Gasteiger charge is 2.34. The minimum absolute atomic E-state index is 0.0738. The van der Waals surface area contributed by atoms with E-state index >= 15 is 0 Å². The van der Waals surface area contributed by atoms with E-state index in [9.17, 15) is 8.42 Å². The summed E-state index contributed by atoms with van der Waals surface area (Å²) in [5, 5.41) is 2.92. The van der Waals surface area contributed by atoms with Crippen LogP contribution in [0.3, 0.4) is 0 Å². The normalized spacial score (nSPS) is 26.2. The molecule has 2 atom stereocenters. The Morgan fingerprint density at radius 1 is 1.60 bits per heavy atom. The average Bonchev–Trinajstić information content (AvgIpc) is 2.60. The third-order valence-corrected chi connectivity index (χ3v) is 4.92. The molecule has 2 unspecified atom stereocenters. The maximum absolute atomic E-state index is 11.8. The van der Waals surface area contributed by atoms with Crippen molar-refractivity contribution in [2.24, 2.45) is 5.11 Å². The van der Waals surface area contributed by atoms with Gasteiger partial charge in [0.2, 0.25) is 0 Å². The lowest BCUT2D eigenvalue weighted by Gasteiger charge is -2.14. The monoisotopic (exact) mass is 233 g/mol. The molecule has 0 aliphatic carbocycles. The zero-order valence-electron chi connectivity index (χ0n) is 8.66. The van der Waals surface area contributed by atoms with Gasteiger partial charge in [-0.15, -0.1) is 0 Å². The summed E-state index contributed by atoms with van der Waals surface area (Å²) in [5.74, 6) is 0.0738. The number of nitrogens with zero attached hydrogens (tertiary/aromatic N) is 3. The number of sulfone groups is 1. The Bertz CT molecular complexity index is 348. The molecular weight excluding hydrogens is 218 g/mol. The number of hydrogen-bond donors (Lipinski definition) is 0. The Morgan fingerprint density at radius 2 is 2.33 bits per heavy atom. The van der Waals surface area contributed by atoms with E-state index in [0.717, 1.165) is 0 Å². The van der Waals surface area contributed by atoms with E-state index in [1.807, 2.05) is 0 Å². The fourth-order valence-corrected chi connectivity index (χ4v) is 3.67. The Kier molecular flexibility index (Phi) is 4.38. The molecule has 15 heavy (non-hydrogen) atoms. The zero-order valence-corrected chi connectivity index (χ0v) is 9.48. The van der Waals surface area contributed by atoms with E-state index < -0.39 is 9.84 Å². The largest absolute Gasteiger partial charge is 0.377 e. The molecule has 1 saturated heterocycles. The molecule has 0 aromatic carbocycles. The molecule has 7 heteroatoms. The van der Waals surface area contributed by atoms with Crippen LogP contribution in [-0.2, 0) is 14.6 Å². The van der Waals surface area contributed by atoms with Gasteiger partial charge in [-0.3, -0.25) is 0 Å². The van der Waals surface area contributed by atoms with Crippen molar-refractivity contribution in [2.45, 2.75) is 31.1 Å². The van der Waals surface area contributed by atoms with Gasteiger partial charge in [0.15, 0.2) is 9.84 Å². The van der Waals surface area contributed by atoms with E-state index in [4.69, 9.17) is 10.3 Å². The Labute approximate surface area is 89.2 Å². The summed E-state index contributed by atoms with van der Waals surface area (Å²) in [6.07, 6.45) is 0.746. The van der Waals surface area contributed by atoms with Crippen LogP contribution in [0.2, 0.25) is 0 Å². The van der Waals surface area contributed by atoms with Gasteiger partial charge in [-0.25, -0.2) is 8.42 Å². The second-order valence-corrected chi connectivity index (χ2v) is 5.92. The van der Waals surface area contributed by atoms with Crippen molar-refractivity contribution in [2.75, 3.05) is 18.9 Å². The van der Waals surface area contributed by atoms with Crippen molar-refractivity contribution in [3.8, 4) is 0 Å². The van der Waals surface area contributed by atoms with Gasteiger partial charge in [-0.2, -0.15) is 0 Å².